The van der Waals surface area contributed by atoms with E-state index in [4.69, 9.17) is 16.3 Å². The van der Waals surface area contributed by atoms with Crippen molar-refractivity contribution in [2.45, 2.75) is 31.9 Å². The minimum absolute atomic E-state index is 0.0626. The molecule has 3 aromatic rings. The molecule has 0 aliphatic rings. The molecule has 14 heteroatoms. The van der Waals surface area contributed by atoms with Crippen LogP contribution in [-0.2, 0) is 12.7 Å². The van der Waals surface area contributed by atoms with Crippen molar-refractivity contribution in [2.75, 3.05) is 0 Å². The number of hydrogen-bond donors (Lipinski definition) is 1. The average Bonchev–Trinajstić information content (AvgIpc) is 3.22. The molecule has 1 amide bonds. The molecule has 2 heterocycles. The first-order valence-electron chi connectivity index (χ1n) is 9.02. The summed E-state index contributed by atoms with van der Waals surface area (Å²) in [6.07, 6.45) is -10.7. The topological polar surface area (TPSA) is 90.1 Å². The van der Waals surface area contributed by atoms with Gasteiger partial charge >= 0.3 is 12.4 Å². The molecular formula is C19H13ClF6N4O3. The van der Waals surface area contributed by atoms with Crippen molar-refractivity contribution in [1.82, 2.24) is 20.4 Å². The first-order valence-corrected chi connectivity index (χ1v) is 9.39. The van der Waals surface area contributed by atoms with E-state index < -0.39 is 42.6 Å². The molecule has 0 saturated heterocycles. The fourth-order valence-electron chi connectivity index (χ4n) is 2.44. The number of ether oxygens (including phenoxy) is 1. The van der Waals surface area contributed by atoms with Crippen LogP contribution in [0.4, 0.5) is 26.3 Å². The Balaban J connectivity index is 1.84. The van der Waals surface area contributed by atoms with Gasteiger partial charge in [0, 0.05) is 16.8 Å². The van der Waals surface area contributed by atoms with Gasteiger partial charge in [-0.05, 0) is 30.7 Å². The summed E-state index contributed by atoms with van der Waals surface area (Å²) in [4.78, 5) is 19.4. The third-order valence-corrected chi connectivity index (χ3v) is 4.39. The van der Waals surface area contributed by atoms with Crippen molar-refractivity contribution in [3.05, 3.63) is 58.8 Å². The van der Waals surface area contributed by atoms with E-state index in [0.717, 1.165) is 13.1 Å². The van der Waals surface area contributed by atoms with Crippen LogP contribution in [0.25, 0.3) is 11.1 Å². The molecule has 33 heavy (non-hydrogen) atoms. The van der Waals surface area contributed by atoms with E-state index in [2.05, 4.69) is 25.0 Å². The van der Waals surface area contributed by atoms with Gasteiger partial charge in [-0.2, -0.15) is 31.3 Å². The highest BCUT2D eigenvalue weighted by atomic mass is 35.5. The van der Waals surface area contributed by atoms with E-state index in [1.165, 1.54) is 30.3 Å². The van der Waals surface area contributed by atoms with Crippen LogP contribution in [0.5, 0.6) is 5.88 Å². The number of halogens is 7. The van der Waals surface area contributed by atoms with Gasteiger partial charge in [0.2, 0.25) is 11.8 Å². The van der Waals surface area contributed by atoms with E-state index in [0.29, 0.717) is 10.6 Å². The largest absolute Gasteiger partial charge is 0.465 e. The predicted octanol–water partition coefficient (Wildman–Crippen LogP) is 5.06. The number of carbonyl (C=O) groups is 1. The number of benzene rings is 1. The second-order valence-corrected chi connectivity index (χ2v) is 7.01. The molecule has 0 fully saturated rings. The van der Waals surface area contributed by atoms with E-state index >= 15 is 0 Å². The zero-order valence-electron chi connectivity index (χ0n) is 16.5. The fourth-order valence-corrected chi connectivity index (χ4v) is 2.57. The Morgan fingerprint density at radius 1 is 1.18 bits per heavy atom. The van der Waals surface area contributed by atoms with Crippen LogP contribution in [0, 0.1) is 0 Å². The average molecular weight is 495 g/mol. The highest BCUT2D eigenvalue weighted by molar-refractivity contribution is 6.30. The monoisotopic (exact) mass is 494 g/mol. The first-order chi connectivity index (χ1) is 15.3. The first kappa shape index (κ1) is 24.3. The maximum Gasteiger partial charge on any atom is 0.455 e. The van der Waals surface area contributed by atoms with Crippen LogP contribution >= 0.6 is 11.6 Å². The van der Waals surface area contributed by atoms with Crippen LogP contribution in [-0.4, -0.2) is 33.3 Å². The van der Waals surface area contributed by atoms with Crippen LogP contribution in [0.15, 0.2) is 41.1 Å². The lowest BCUT2D eigenvalue weighted by Crippen LogP contribution is -2.31. The lowest BCUT2D eigenvalue weighted by molar-refractivity contribution is -0.189. The third kappa shape index (κ3) is 6.12. The Hall–Kier alpha value is -3.35. The number of carbonyl (C=O) groups excluding carboxylic acids is 1. The Morgan fingerprint density at radius 3 is 2.42 bits per heavy atom. The third-order valence-electron chi connectivity index (χ3n) is 4.14. The summed E-state index contributed by atoms with van der Waals surface area (Å²) in [6, 6.07) is 7.16. The van der Waals surface area contributed by atoms with Gasteiger partial charge in [0.1, 0.15) is 0 Å². The normalized spacial score (nSPS) is 13.0. The lowest BCUT2D eigenvalue weighted by atomic mass is 10.0. The molecular weight excluding hydrogens is 482 g/mol. The number of nitrogens with one attached hydrogen (secondary N) is 1. The second-order valence-electron chi connectivity index (χ2n) is 6.58. The number of rotatable bonds is 6. The van der Waals surface area contributed by atoms with E-state index in [1.807, 2.05) is 0 Å². The van der Waals surface area contributed by atoms with Crippen LogP contribution in [0.2, 0.25) is 5.02 Å². The summed E-state index contributed by atoms with van der Waals surface area (Å²) in [5, 5.41) is 5.40. The zero-order chi connectivity index (χ0) is 24.4. The fraction of sp³-hybridized carbons (Fsp3) is 0.263. The second kappa shape index (κ2) is 9.25. The van der Waals surface area contributed by atoms with Crippen molar-refractivity contribution >= 4 is 17.5 Å². The van der Waals surface area contributed by atoms with Crippen molar-refractivity contribution in [3.63, 3.8) is 0 Å². The van der Waals surface area contributed by atoms with Crippen LogP contribution in [0.1, 0.15) is 29.0 Å². The summed E-state index contributed by atoms with van der Waals surface area (Å²) in [5.41, 5.74) is 0.313. The van der Waals surface area contributed by atoms with Gasteiger partial charge in [-0.25, -0.2) is 4.98 Å². The molecule has 0 spiro atoms. The number of aromatic nitrogens is 3. The zero-order valence-corrected chi connectivity index (χ0v) is 17.2. The smallest absolute Gasteiger partial charge is 0.455 e. The molecule has 3 rings (SSSR count). The molecule has 0 bridgehead atoms. The Morgan fingerprint density at radius 2 is 1.85 bits per heavy atom. The molecule has 1 atom stereocenters. The van der Waals surface area contributed by atoms with E-state index in [9.17, 15) is 31.1 Å². The van der Waals surface area contributed by atoms with Gasteiger partial charge in [-0.3, -0.25) is 4.79 Å². The minimum atomic E-state index is -4.81. The number of hydrogen-bond acceptors (Lipinski definition) is 6. The molecule has 1 aromatic carbocycles. The van der Waals surface area contributed by atoms with E-state index in [1.54, 1.807) is 0 Å². The van der Waals surface area contributed by atoms with Crippen molar-refractivity contribution < 1.29 is 40.4 Å². The Bertz CT molecular complexity index is 1130. The van der Waals surface area contributed by atoms with Gasteiger partial charge in [-0.15, -0.1) is 0 Å². The molecule has 0 aliphatic carbocycles. The van der Waals surface area contributed by atoms with Gasteiger partial charge < -0.3 is 14.6 Å². The van der Waals surface area contributed by atoms with Gasteiger partial charge in [0.15, 0.2) is 6.10 Å². The molecule has 0 saturated carbocycles. The standard InChI is InChI=1S/C19H13ClF6N4O3/c1-9(18(21,22)23)32-16-13(10-2-4-12(20)5-3-10)6-11(7-28-16)15(31)27-8-14-29-17(30-33-14)19(24,25)26/h2-7,9H,8H2,1H3,(H,27,31). The number of nitrogens with zero attached hydrogens (tertiary/aromatic N) is 3. The summed E-state index contributed by atoms with van der Waals surface area (Å²) < 4.78 is 85.8. The maximum atomic E-state index is 12.9. The predicted molar refractivity (Wildman–Crippen MR) is 101 cm³/mol. The molecule has 1 unspecified atom stereocenters. The quantitative estimate of drug-likeness (QED) is 0.482. The molecule has 0 aliphatic heterocycles. The number of alkyl halides is 6. The summed E-state index contributed by atoms with van der Waals surface area (Å²) in [6.45, 7) is 0.273. The lowest BCUT2D eigenvalue weighted by Gasteiger charge is -2.19. The molecule has 1 N–H and O–H groups in total. The van der Waals surface area contributed by atoms with Gasteiger partial charge in [0.25, 0.3) is 11.7 Å². The molecule has 2 aromatic heterocycles. The SMILES string of the molecule is CC(Oc1ncc(C(=O)NCc2nc(C(F)(F)F)no2)cc1-c1ccc(Cl)cc1)C(F)(F)F. The molecule has 7 nitrogen and oxygen atoms in total. The van der Waals surface area contributed by atoms with Crippen LogP contribution in [0.3, 0.4) is 0 Å². The minimum Gasteiger partial charge on any atom is -0.465 e. The molecule has 0 radical (unpaired) electrons. The van der Waals surface area contributed by atoms with Crippen molar-refractivity contribution in [2.24, 2.45) is 0 Å². The summed E-state index contributed by atoms with van der Waals surface area (Å²) in [7, 11) is 0. The number of amides is 1. The van der Waals surface area contributed by atoms with Crippen molar-refractivity contribution in [3.8, 4) is 17.0 Å². The van der Waals surface area contributed by atoms with Crippen LogP contribution < -0.4 is 10.1 Å². The molecule has 176 valence electrons. The summed E-state index contributed by atoms with van der Waals surface area (Å²) in [5.74, 6) is -3.19. The highest BCUT2D eigenvalue weighted by Gasteiger charge is 2.39. The Kier molecular flexibility index (Phi) is 6.81. The number of pyridine rings is 1. The van der Waals surface area contributed by atoms with Gasteiger partial charge in [0.05, 0.1) is 12.1 Å². The van der Waals surface area contributed by atoms with Crippen molar-refractivity contribution in [1.29, 1.82) is 0 Å². The maximum absolute atomic E-state index is 12.9. The van der Waals surface area contributed by atoms with E-state index in [-0.39, 0.29) is 17.0 Å². The highest BCUT2D eigenvalue weighted by Crippen LogP contribution is 2.33. The Labute approximate surface area is 186 Å². The van der Waals surface area contributed by atoms with Gasteiger partial charge in [-0.1, -0.05) is 28.9 Å². The summed E-state index contributed by atoms with van der Waals surface area (Å²) >= 11 is 5.84.